The highest BCUT2D eigenvalue weighted by atomic mass is 32.1. The van der Waals surface area contributed by atoms with E-state index in [-0.39, 0.29) is 0 Å². The zero-order chi connectivity index (χ0) is 17.9. The lowest BCUT2D eigenvalue weighted by molar-refractivity contribution is 0.0342. The summed E-state index contributed by atoms with van der Waals surface area (Å²) in [5.74, 6) is 0. The molecule has 0 radical (unpaired) electrons. The first-order chi connectivity index (χ1) is 12.7. The molecule has 0 spiro atoms. The van der Waals surface area contributed by atoms with Crippen molar-refractivity contribution in [1.82, 2.24) is 14.5 Å². The molecule has 0 amide bonds. The third-order valence-corrected chi connectivity index (χ3v) is 6.80. The van der Waals surface area contributed by atoms with Crippen molar-refractivity contribution in [2.24, 2.45) is 0 Å². The lowest BCUT2D eigenvalue weighted by Gasteiger charge is -2.25. The molecule has 1 saturated heterocycles. The zero-order valence-corrected chi connectivity index (χ0v) is 17.0. The van der Waals surface area contributed by atoms with E-state index in [1.54, 1.807) is 11.3 Å². The van der Waals surface area contributed by atoms with Gasteiger partial charge in [-0.1, -0.05) is 6.07 Å². The SMILES string of the molecule is Cc1cc(-c2csc(CN3CCOCC3)n2)c(C)n1CCc1cccs1. The number of rotatable bonds is 6. The Morgan fingerprint density at radius 1 is 1.19 bits per heavy atom. The highest BCUT2D eigenvalue weighted by Crippen LogP contribution is 2.29. The minimum absolute atomic E-state index is 0.837. The molecule has 0 aliphatic carbocycles. The van der Waals surface area contributed by atoms with Crippen LogP contribution in [0, 0.1) is 13.8 Å². The molecule has 3 aromatic heterocycles. The van der Waals surface area contributed by atoms with Crippen molar-refractivity contribution in [3.8, 4) is 11.3 Å². The molecule has 1 fully saturated rings. The van der Waals surface area contributed by atoms with Gasteiger partial charge in [0.15, 0.2) is 0 Å². The molecule has 0 atom stereocenters. The minimum Gasteiger partial charge on any atom is -0.379 e. The number of hydrogen-bond acceptors (Lipinski definition) is 5. The molecule has 3 aromatic rings. The van der Waals surface area contributed by atoms with Gasteiger partial charge in [0.05, 0.1) is 25.5 Å². The van der Waals surface area contributed by atoms with Crippen molar-refractivity contribution < 1.29 is 4.74 Å². The number of aryl methyl sites for hydroxylation is 2. The second kappa shape index (κ2) is 8.05. The Labute approximate surface area is 163 Å². The highest BCUT2D eigenvalue weighted by Gasteiger charge is 2.16. The molecule has 0 unspecified atom stereocenters. The zero-order valence-electron chi connectivity index (χ0n) is 15.4. The summed E-state index contributed by atoms with van der Waals surface area (Å²) in [7, 11) is 0. The predicted octanol–water partition coefficient (Wildman–Crippen LogP) is 4.36. The Morgan fingerprint density at radius 2 is 2.04 bits per heavy atom. The molecule has 1 aliphatic rings. The summed E-state index contributed by atoms with van der Waals surface area (Å²) in [5.41, 5.74) is 5.03. The van der Waals surface area contributed by atoms with Gasteiger partial charge in [-0.2, -0.15) is 0 Å². The largest absolute Gasteiger partial charge is 0.379 e. The molecule has 1 aliphatic heterocycles. The molecule has 0 saturated carbocycles. The molecule has 4 nitrogen and oxygen atoms in total. The third kappa shape index (κ3) is 3.93. The minimum atomic E-state index is 0.837. The van der Waals surface area contributed by atoms with Crippen molar-refractivity contribution in [2.45, 2.75) is 33.4 Å². The van der Waals surface area contributed by atoms with Crippen LogP contribution in [0.3, 0.4) is 0 Å². The first-order valence-electron chi connectivity index (χ1n) is 9.14. The lowest BCUT2D eigenvalue weighted by Crippen LogP contribution is -2.35. The van der Waals surface area contributed by atoms with E-state index in [9.17, 15) is 0 Å². The average Bonchev–Trinajstić information content (AvgIpc) is 3.37. The summed E-state index contributed by atoms with van der Waals surface area (Å²) in [6.07, 6.45) is 1.09. The Balaban J connectivity index is 1.48. The fourth-order valence-corrected chi connectivity index (χ4v) is 5.07. The monoisotopic (exact) mass is 387 g/mol. The maximum absolute atomic E-state index is 5.43. The van der Waals surface area contributed by atoms with Crippen molar-refractivity contribution in [2.75, 3.05) is 26.3 Å². The third-order valence-electron chi connectivity index (χ3n) is 5.03. The Hall–Kier alpha value is -1.47. The van der Waals surface area contributed by atoms with Crippen molar-refractivity contribution >= 4 is 22.7 Å². The number of thiophene rings is 1. The molecule has 0 bridgehead atoms. The first-order valence-corrected chi connectivity index (χ1v) is 10.9. The van der Waals surface area contributed by atoms with Crippen molar-refractivity contribution in [3.63, 3.8) is 0 Å². The van der Waals surface area contributed by atoms with Gasteiger partial charge in [-0.15, -0.1) is 22.7 Å². The van der Waals surface area contributed by atoms with Gasteiger partial charge in [-0.3, -0.25) is 4.90 Å². The van der Waals surface area contributed by atoms with Gasteiger partial charge >= 0.3 is 0 Å². The predicted molar refractivity (Wildman–Crippen MR) is 109 cm³/mol. The fraction of sp³-hybridized carbons (Fsp3) is 0.450. The van der Waals surface area contributed by atoms with Gasteiger partial charge in [0.25, 0.3) is 0 Å². The number of nitrogens with zero attached hydrogens (tertiary/aromatic N) is 3. The molecule has 4 rings (SSSR count). The first kappa shape index (κ1) is 17.9. The van der Waals surface area contributed by atoms with Crippen LogP contribution in [0.25, 0.3) is 11.3 Å². The van der Waals surface area contributed by atoms with Crippen LogP contribution in [0.5, 0.6) is 0 Å². The van der Waals surface area contributed by atoms with Crippen LogP contribution in [-0.2, 0) is 24.2 Å². The van der Waals surface area contributed by atoms with E-state index in [1.165, 1.54) is 26.8 Å². The Kier molecular flexibility index (Phi) is 5.55. The molecular weight excluding hydrogens is 362 g/mol. The fourth-order valence-electron chi connectivity index (χ4n) is 3.54. The summed E-state index contributed by atoms with van der Waals surface area (Å²) in [5, 5.41) is 5.56. The quantitative estimate of drug-likeness (QED) is 0.629. The van der Waals surface area contributed by atoms with Gasteiger partial charge < -0.3 is 9.30 Å². The van der Waals surface area contributed by atoms with E-state index in [0.29, 0.717) is 0 Å². The Bertz CT molecular complexity index is 845. The van der Waals surface area contributed by atoms with E-state index in [2.05, 4.69) is 52.3 Å². The van der Waals surface area contributed by atoms with Crippen LogP contribution in [0.1, 0.15) is 21.3 Å². The molecule has 4 heterocycles. The van der Waals surface area contributed by atoms with Crippen LogP contribution < -0.4 is 0 Å². The summed E-state index contributed by atoms with van der Waals surface area (Å²) in [4.78, 5) is 8.80. The molecule has 6 heteroatoms. The molecule has 138 valence electrons. The number of morpholine rings is 1. The number of thiazole rings is 1. The van der Waals surface area contributed by atoms with E-state index < -0.39 is 0 Å². The maximum atomic E-state index is 5.43. The molecule has 26 heavy (non-hydrogen) atoms. The standard InChI is InChI=1S/C20H25N3OS2/c1-15-12-18(16(2)23(15)6-5-17-4-3-11-25-17)19-14-26-20(21-19)13-22-7-9-24-10-8-22/h3-4,11-12,14H,5-10,13H2,1-2H3. The summed E-state index contributed by atoms with van der Waals surface area (Å²) in [6.45, 7) is 10.1. The van der Waals surface area contributed by atoms with Gasteiger partial charge in [0.1, 0.15) is 5.01 Å². The average molecular weight is 388 g/mol. The van der Waals surface area contributed by atoms with Gasteiger partial charge in [-0.25, -0.2) is 4.98 Å². The molecular formula is C20H25N3OS2. The van der Waals surface area contributed by atoms with Gasteiger partial charge in [0.2, 0.25) is 0 Å². The van der Waals surface area contributed by atoms with Gasteiger partial charge in [0, 0.05) is 46.8 Å². The van der Waals surface area contributed by atoms with Crippen LogP contribution in [-0.4, -0.2) is 40.8 Å². The maximum Gasteiger partial charge on any atom is 0.107 e. The number of aromatic nitrogens is 2. The van der Waals surface area contributed by atoms with Crippen LogP contribution >= 0.6 is 22.7 Å². The van der Waals surface area contributed by atoms with E-state index in [1.807, 2.05) is 11.3 Å². The number of hydrogen-bond donors (Lipinski definition) is 0. The molecule has 0 N–H and O–H groups in total. The second-order valence-electron chi connectivity index (χ2n) is 6.78. The van der Waals surface area contributed by atoms with E-state index in [0.717, 1.165) is 51.5 Å². The van der Waals surface area contributed by atoms with Gasteiger partial charge in [-0.05, 0) is 37.8 Å². The molecule has 0 aromatic carbocycles. The van der Waals surface area contributed by atoms with Crippen molar-refractivity contribution in [1.29, 1.82) is 0 Å². The van der Waals surface area contributed by atoms with E-state index >= 15 is 0 Å². The van der Waals surface area contributed by atoms with E-state index in [4.69, 9.17) is 9.72 Å². The number of ether oxygens (including phenoxy) is 1. The summed E-state index contributed by atoms with van der Waals surface area (Å²) < 4.78 is 7.86. The normalized spacial score (nSPS) is 15.6. The Morgan fingerprint density at radius 3 is 2.81 bits per heavy atom. The lowest BCUT2D eigenvalue weighted by atomic mass is 10.2. The van der Waals surface area contributed by atoms with Crippen LogP contribution in [0.2, 0.25) is 0 Å². The topological polar surface area (TPSA) is 30.3 Å². The van der Waals surface area contributed by atoms with Crippen LogP contribution in [0.4, 0.5) is 0 Å². The van der Waals surface area contributed by atoms with Crippen molar-refractivity contribution in [3.05, 3.63) is 50.2 Å². The summed E-state index contributed by atoms with van der Waals surface area (Å²) >= 11 is 3.61. The summed E-state index contributed by atoms with van der Waals surface area (Å²) in [6, 6.07) is 6.64. The van der Waals surface area contributed by atoms with Crippen LogP contribution in [0.15, 0.2) is 29.0 Å². The smallest absolute Gasteiger partial charge is 0.107 e. The second-order valence-corrected chi connectivity index (χ2v) is 8.76. The highest BCUT2D eigenvalue weighted by molar-refractivity contribution is 7.10.